The van der Waals surface area contributed by atoms with Crippen molar-refractivity contribution in [1.82, 2.24) is 4.90 Å². The van der Waals surface area contributed by atoms with E-state index >= 15 is 0 Å². The monoisotopic (exact) mass is 269 g/mol. The van der Waals surface area contributed by atoms with Crippen LogP contribution in [-0.4, -0.2) is 25.0 Å². The molecule has 1 heteroatoms. The molecule has 3 rings (SSSR count). The average molecular weight is 269 g/mol. The highest BCUT2D eigenvalue weighted by Crippen LogP contribution is 2.31. The van der Waals surface area contributed by atoms with Crippen LogP contribution >= 0.6 is 0 Å². The standard InChI is InChI=1S/C13H14.C6H13N/c1-13(10-6-3-7-11-13)12-8-4-2-5-9-12;1-6-3-4-7(2)5-6/h2-10H,11H2,1H3;6H,3-5H2,1-2H3/t;6-/m.0/s1. The largest absolute Gasteiger partial charge is 0.306 e. The zero-order chi connectivity index (χ0) is 14.4. The number of nitrogens with zero attached hydrogens (tertiary/aromatic N) is 1. The van der Waals surface area contributed by atoms with Gasteiger partial charge in [0.05, 0.1) is 0 Å². The smallest absolute Gasteiger partial charge is 0.0141 e. The van der Waals surface area contributed by atoms with Crippen LogP contribution in [0.3, 0.4) is 0 Å². The number of allylic oxidation sites excluding steroid dienone is 4. The van der Waals surface area contributed by atoms with E-state index in [1.54, 1.807) is 0 Å². The molecule has 108 valence electrons. The maximum Gasteiger partial charge on any atom is 0.0141 e. The van der Waals surface area contributed by atoms with Crippen LogP contribution in [0.1, 0.15) is 32.3 Å². The molecular weight excluding hydrogens is 242 g/mol. The Bertz CT molecular complexity index is 452. The molecule has 1 unspecified atom stereocenters. The van der Waals surface area contributed by atoms with Crippen LogP contribution in [0.2, 0.25) is 0 Å². The van der Waals surface area contributed by atoms with E-state index in [-0.39, 0.29) is 5.41 Å². The van der Waals surface area contributed by atoms with Crippen LogP contribution in [0.15, 0.2) is 54.6 Å². The van der Waals surface area contributed by atoms with Crippen molar-refractivity contribution in [3.8, 4) is 0 Å². The summed E-state index contributed by atoms with van der Waals surface area (Å²) in [7, 11) is 2.18. The first-order valence-corrected chi connectivity index (χ1v) is 7.68. The molecule has 0 radical (unpaired) electrons. The average Bonchev–Trinajstić information content (AvgIpc) is 2.85. The zero-order valence-electron chi connectivity index (χ0n) is 13.0. The Morgan fingerprint density at radius 1 is 1.15 bits per heavy atom. The Kier molecular flexibility index (Phi) is 5.19. The molecule has 1 saturated heterocycles. The fourth-order valence-corrected chi connectivity index (χ4v) is 2.92. The molecular formula is C19H27N. The SMILES string of the molecule is CC1(c2ccccc2)C=CC=CC1.C[C@H]1CCN(C)C1. The molecule has 1 aromatic carbocycles. The molecule has 0 saturated carbocycles. The van der Waals surface area contributed by atoms with Gasteiger partial charge in [-0.05, 0) is 37.9 Å². The molecule has 0 spiro atoms. The van der Waals surface area contributed by atoms with Gasteiger partial charge in [0.1, 0.15) is 0 Å². The van der Waals surface area contributed by atoms with Gasteiger partial charge in [0.2, 0.25) is 0 Å². The van der Waals surface area contributed by atoms with Crippen LogP contribution in [0.5, 0.6) is 0 Å². The van der Waals surface area contributed by atoms with Crippen LogP contribution in [0.4, 0.5) is 0 Å². The summed E-state index contributed by atoms with van der Waals surface area (Å²) in [5.41, 5.74) is 1.60. The minimum Gasteiger partial charge on any atom is -0.306 e. The quantitative estimate of drug-likeness (QED) is 0.729. The van der Waals surface area contributed by atoms with Crippen LogP contribution in [-0.2, 0) is 5.41 Å². The lowest BCUT2D eigenvalue weighted by Gasteiger charge is -2.26. The minimum atomic E-state index is 0.204. The van der Waals surface area contributed by atoms with Crippen molar-refractivity contribution in [3.63, 3.8) is 0 Å². The van der Waals surface area contributed by atoms with Crippen molar-refractivity contribution in [1.29, 1.82) is 0 Å². The van der Waals surface area contributed by atoms with Crippen molar-refractivity contribution >= 4 is 0 Å². The van der Waals surface area contributed by atoms with Gasteiger partial charge in [0.25, 0.3) is 0 Å². The first-order chi connectivity index (χ1) is 9.60. The van der Waals surface area contributed by atoms with Crippen LogP contribution < -0.4 is 0 Å². The van der Waals surface area contributed by atoms with Crippen molar-refractivity contribution in [2.75, 3.05) is 20.1 Å². The molecule has 2 atom stereocenters. The summed E-state index contributed by atoms with van der Waals surface area (Å²) in [6.07, 6.45) is 11.3. The third kappa shape index (κ3) is 4.08. The molecule has 0 amide bonds. The van der Waals surface area contributed by atoms with E-state index < -0.39 is 0 Å². The van der Waals surface area contributed by atoms with E-state index in [1.807, 2.05) is 0 Å². The minimum absolute atomic E-state index is 0.204. The molecule has 1 fully saturated rings. The van der Waals surface area contributed by atoms with Crippen molar-refractivity contribution in [2.24, 2.45) is 5.92 Å². The predicted molar refractivity (Wildman–Crippen MR) is 88.0 cm³/mol. The summed E-state index contributed by atoms with van der Waals surface area (Å²) in [6, 6.07) is 10.7. The lowest BCUT2D eigenvalue weighted by Crippen LogP contribution is -2.18. The van der Waals surface area contributed by atoms with Crippen molar-refractivity contribution in [2.45, 2.75) is 32.1 Å². The summed E-state index contributed by atoms with van der Waals surface area (Å²) in [5.74, 6) is 0.949. The predicted octanol–water partition coefficient (Wildman–Crippen LogP) is 4.42. The van der Waals surface area contributed by atoms with E-state index in [9.17, 15) is 0 Å². The van der Waals surface area contributed by atoms with Gasteiger partial charge in [-0.1, -0.05) is 68.5 Å². The van der Waals surface area contributed by atoms with Gasteiger partial charge >= 0.3 is 0 Å². The summed E-state index contributed by atoms with van der Waals surface area (Å²) < 4.78 is 0. The second-order valence-electron chi connectivity index (χ2n) is 6.43. The van der Waals surface area contributed by atoms with Gasteiger partial charge in [-0.3, -0.25) is 0 Å². The molecule has 1 heterocycles. The van der Waals surface area contributed by atoms with E-state index in [1.165, 1.54) is 25.1 Å². The van der Waals surface area contributed by atoms with Crippen molar-refractivity contribution in [3.05, 3.63) is 60.2 Å². The summed E-state index contributed by atoms with van der Waals surface area (Å²) in [4.78, 5) is 2.38. The number of hydrogen-bond donors (Lipinski definition) is 0. The normalized spacial score (nSPS) is 29.1. The van der Waals surface area contributed by atoms with Gasteiger partial charge in [-0.15, -0.1) is 0 Å². The third-order valence-corrected chi connectivity index (χ3v) is 4.31. The number of benzene rings is 1. The summed E-state index contributed by atoms with van der Waals surface area (Å²) in [5, 5.41) is 0. The molecule has 0 aromatic heterocycles. The molecule has 1 aromatic rings. The Morgan fingerprint density at radius 2 is 1.90 bits per heavy atom. The maximum atomic E-state index is 2.38. The molecule has 1 aliphatic heterocycles. The lowest BCUT2D eigenvalue weighted by atomic mass is 9.77. The topological polar surface area (TPSA) is 3.24 Å². The molecule has 20 heavy (non-hydrogen) atoms. The Balaban J connectivity index is 0.000000178. The molecule has 0 bridgehead atoms. The van der Waals surface area contributed by atoms with Gasteiger partial charge in [0.15, 0.2) is 0 Å². The lowest BCUT2D eigenvalue weighted by molar-refractivity contribution is 0.402. The second-order valence-corrected chi connectivity index (χ2v) is 6.43. The fourth-order valence-electron chi connectivity index (χ4n) is 2.92. The summed E-state index contributed by atoms with van der Waals surface area (Å²) in [6.45, 7) is 7.20. The van der Waals surface area contributed by atoms with Gasteiger partial charge in [-0.25, -0.2) is 0 Å². The molecule has 0 N–H and O–H groups in total. The summed E-state index contributed by atoms with van der Waals surface area (Å²) >= 11 is 0. The van der Waals surface area contributed by atoms with Gasteiger partial charge < -0.3 is 4.90 Å². The van der Waals surface area contributed by atoms with Crippen molar-refractivity contribution < 1.29 is 0 Å². The zero-order valence-corrected chi connectivity index (χ0v) is 13.0. The van der Waals surface area contributed by atoms with Gasteiger partial charge in [-0.2, -0.15) is 0 Å². The Hall–Kier alpha value is -1.34. The first-order valence-electron chi connectivity index (χ1n) is 7.68. The van der Waals surface area contributed by atoms with E-state index in [0.717, 1.165) is 12.3 Å². The van der Waals surface area contributed by atoms with E-state index in [4.69, 9.17) is 0 Å². The van der Waals surface area contributed by atoms with Crippen LogP contribution in [0.25, 0.3) is 0 Å². The highest BCUT2D eigenvalue weighted by molar-refractivity contribution is 5.34. The Labute approximate surface area is 124 Å². The number of hydrogen-bond acceptors (Lipinski definition) is 1. The maximum absolute atomic E-state index is 2.38. The third-order valence-electron chi connectivity index (χ3n) is 4.31. The fraction of sp³-hybridized carbons (Fsp3) is 0.474. The van der Waals surface area contributed by atoms with E-state index in [0.29, 0.717) is 0 Å². The highest BCUT2D eigenvalue weighted by Gasteiger charge is 2.22. The molecule has 1 aliphatic carbocycles. The molecule has 2 aliphatic rings. The first kappa shape index (κ1) is 15.1. The number of rotatable bonds is 1. The Morgan fingerprint density at radius 3 is 2.35 bits per heavy atom. The second kappa shape index (κ2) is 6.90. The number of likely N-dealkylation sites (tertiary alicyclic amines) is 1. The van der Waals surface area contributed by atoms with E-state index in [2.05, 4.69) is 80.4 Å². The highest BCUT2D eigenvalue weighted by atomic mass is 15.1. The van der Waals surface area contributed by atoms with Gasteiger partial charge in [0, 0.05) is 12.0 Å². The van der Waals surface area contributed by atoms with Crippen LogP contribution in [0, 0.1) is 5.92 Å². The molecule has 1 nitrogen and oxygen atoms in total.